The lowest BCUT2D eigenvalue weighted by Gasteiger charge is -2.19. The first-order valence-electron chi connectivity index (χ1n) is 4.79. The lowest BCUT2D eigenvalue weighted by molar-refractivity contribution is -0.143. The molecular formula is C10H18N2O3. The molecule has 0 aromatic heterocycles. The average molecular weight is 214 g/mol. The van der Waals surface area contributed by atoms with E-state index in [0.717, 1.165) is 0 Å². The van der Waals surface area contributed by atoms with Crippen LogP contribution in [0.15, 0.2) is 12.7 Å². The third-order valence-corrected chi connectivity index (χ3v) is 1.99. The van der Waals surface area contributed by atoms with E-state index in [1.807, 2.05) is 0 Å². The first kappa shape index (κ1) is 13.6. The molecule has 0 fully saturated rings. The summed E-state index contributed by atoms with van der Waals surface area (Å²) in [5, 5.41) is 11.2. The van der Waals surface area contributed by atoms with Gasteiger partial charge in [-0.25, -0.2) is 4.79 Å². The van der Waals surface area contributed by atoms with E-state index < -0.39 is 24.0 Å². The van der Waals surface area contributed by atoms with Crippen molar-refractivity contribution in [2.24, 2.45) is 11.7 Å². The van der Waals surface area contributed by atoms with E-state index in [1.165, 1.54) is 6.08 Å². The normalized spacial score (nSPS) is 14.4. The highest BCUT2D eigenvalue weighted by atomic mass is 16.4. The number of nitrogens with two attached hydrogens (primary N) is 1. The van der Waals surface area contributed by atoms with Crippen molar-refractivity contribution in [2.75, 3.05) is 0 Å². The minimum absolute atomic E-state index is 0.178. The number of rotatable bonds is 6. The fourth-order valence-corrected chi connectivity index (χ4v) is 1.06. The van der Waals surface area contributed by atoms with Crippen molar-refractivity contribution in [1.82, 2.24) is 5.32 Å². The summed E-state index contributed by atoms with van der Waals surface area (Å²) in [7, 11) is 0. The summed E-state index contributed by atoms with van der Waals surface area (Å²) in [6, 6.07) is -1.63. The maximum atomic E-state index is 11.4. The predicted octanol–water partition coefficient (Wildman–Crippen LogP) is 0.115. The quantitative estimate of drug-likeness (QED) is 0.547. The summed E-state index contributed by atoms with van der Waals surface area (Å²) in [6.07, 6.45) is 1.85. The number of hydrogen-bond donors (Lipinski definition) is 3. The Labute approximate surface area is 89.3 Å². The third-order valence-electron chi connectivity index (χ3n) is 1.99. The molecule has 0 aromatic rings. The highest BCUT2D eigenvalue weighted by molar-refractivity contribution is 5.86. The number of carbonyl (C=O) groups is 2. The van der Waals surface area contributed by atoms with Gasteiger partial charge in [-0.2, -0.15) is 0 Å². The Bertz CT molecular complexity index is 251. The van der Waals surface area contributed by atoms with E-state index in [1.54, 1.807) is 13.8 Å². The van der Waals surface area contributed by atoms with Crippen molar-refractivity contribution in [2.45, 2.75) is 32.4 Å². The van der Waals surface area contributed by atoms with E-state index in [2.05, 4.69) is 11.9 Å². The lowest BCUT2D eigenvalue weighted by atomic mass is 10.0. The van der Waals surface area contributed by atoms with Crippen molar-refractivity contribution in [3.8, 4) is 0 Å². The first-order chi connectivity index (χ1) is 6.90. The van der Waals surface area contributed by atoms with Crippen molar-refractivity contribution >= 4 is 11.9 Å². The molecule has 0 spiro atoms. The second-order valence-electron chi connectivity index (χ2n) is 3.70. The fourth-order valence-electron chi connectivity index (χ4n) is 1.06. The zero-order valence-corrected chi connectivity index (χ0v) is 9.06. The number of nitrogens with one attached hydrogen (secondary N) is 1. The molecule has 0 bridgehead atoms. The Kier molecular flexibility index (Phi) is 5.62. The van der Waals surface area contributed by atoms with Crippen LogP contribution < -0.4 is 11.1 Å². The molecule has 0 saturated heterocycles. The Morgan fingerprint density at radius 2 is 2.07 bits per heavy atom. The minimum atomic E-state index is -1.05. The standard InChI is InChI=1S/C10H18N2O3/c1-4-5-7(11)9(13)12-8(6(2)3)10(14)15/h4,6-8H,1,5,11H2,2-3H3,(H,12,13)(H,14,15). The van der Waals surface area contributed by atoms with Gasteiger partial charge in [0, 0.05) is 0 Å². The molecule has 2 unspecified atom stereocenters. The molecule has 0 radical (unpaired) electrons. The topological polar surface area (TPSA) is 92.4 Å². The lowest BCUT2D eigenvalue weighted by Crippen LogP contribution is -2.50. The zero-order valence-electron chi connectivity index (χ0n) is 9.06. The highest BCUT2D eigenvalue weighted by Crippen LogP contribution is 2.02. The van der Waals surface area contributed by atoms with Gasteiger partial charge in [-0.3, -0.25) is 4.79 Å². The van der Waals surface area contributed by atoms with Crippen LogP contribution in [0.5, 0.6) is 0 Å². The maximum absolute atomic E-state index is 11.4. The van der Waals surface area contributed by atoms with Gasteiger partial charge in [0.15, 0.2) is 0 Å². The maximum Gasteiger partial charge on any atom is 0.326 e. The average Bonchev–Trinajstić information content (AvgIpc) is 2.12. The summed E-state index contributed by atoms with van der Waals surface area (Å²) < 4.78 is 0. The van der Waals surface area contributed by atoms with Gasteiger partial charge in [0.1, 0.15) is 6.04 Å². The molecule has 5 heteroatoms. The Hall–Kier alpha value is -1.36. The van der Waals surface area contributed by atoms with Gasteiger partial charge in [0.25, 0.3) is 0 Å². The van der Waals surface area contributed by atoms with E-state index >= 15 is 0 Å². The van der Waals surface area contributed by atoms with Gasteiger partial charge in [-0.15, -0.1) is 6.58 Å². The van der Waals surface area contributed by atoms with Crippen LogP contribution in [0.2, 0.25) is 0 Å². The van der Waals surface area contributed by atoms with Crippen LogP contribution >= 0.6 is 0 Å². The molecule has 5 nitrogen and oxygen atoms in total. The fraction of sp³-hybridized carbons (Fsp3) is 0.600. The molecule has 15 heavy (non-hydrogen) atoms. The number of carboxylic acids is 1. The van der Waals surface area contributed by atoms with Gasteiger partial charge < -0.3 is 16.2 Å². The molecule has 0 aromatic carbocycles. The van der Waals surface area contributed by atoms with E-state index in [0.29, 0.717) is 6.42 Å². The molecule has 2 atom stereocenters. The highest BCUT2D eigenvalue weighted by Gasteiger charge is 2.25. The van der Waals surface area contributed by atoms with Gasteiger partial charge in [-0.1, -0.05) is 19.9 Å². The van der Waals surface area contributed by atoms with Crippen LogP contribution in [0.3, 0.4) is 0 Å². The largest absolute Gasteiger partial charge is 0.480 e. The molecule has 86 valence electrons. The summed E-state index contributed by atoms with van der Waals surface area (Å²) in [6.45, 7) is 6.90. The molecular weight excluding hydrogens is 196 g/mol. The molecule has 1 amide bonds. The Morgan fingerprint density at radius 3 is 2.40 bits per heavy atom. The molecule has 0 aliphatic rings. The van der Waals surface area contributed by atoms with Crippen LogP contribution in [0.25, 0.3) is 0 Å². The van der Waals surface area contributed by atoms with Crippen LogP contribution in [-0.4, -0.2) is 29.1 Å². The summed E-state index contributed by atoms with van der Waals surface area (Å²) in [5.74, 6) is -1.69. The summed E-state index contributed by atoms with van der Waals surface area (Å²) in [5.41, 5.74) is 5.50. The van der Waals surface area contributed by atoms with Crippen molar-refractivity contribution in [1.29, 1.82) is 0 Å². The summed E-state index contributed by atoms with van der Waals surface area (Å²) in [4.78, 5) is 22.2. The Morgan fingerprint density at radius 1 is 1.53 bits per heavy atom. The van der Waals surface area contributed by atoms with Gasteiger partial charge in [0.05, 0.1) is 6.04 Å². The molecule has 4 N–H and O–H groups in total. The molecule has 0 rings (SSSR count). The van der Waals surface area contributed by atoms with Crippen molar-refractivity contribution in [3.05, 3.63) is 12.7 Å². The third kappa shape index (κ3) is 4.60. The Balaban J connectivity index is 4.35. The van der Waals surface area contributed by atoms with Gasteiger partial charge in [0.2, 0.25) is 5.91 Å². The first-order valence-corrected chi connectivity index (χ1v) is 4.79. The van der Waals surface area contributed by atoms with Gasteiger partial charge >= 0.3 is 5.97 Å². The van der Waals surface area contributed by atoms with Crippen LogP contribution in [0, 0.1) is 5.92 Å². The summed E-state index contributed by atoms with van der Waals surface area (Å²) >= 11 is 0. The van der Waals surface area contributed by atoms with Crippen LogP contribution in [0.1, 0.15) is 20.3 Å². The predicted molar refractivity (Wildman–Crippen MR) is 57.2 cm³/mol. The van der Waals surface area contributed by atoms with E-state index in [9.17, 15) is 9.59 Å². The smallest absolute Gasteiger partial charge is 0.326 e. The molecule has 0 heterocycles. The molecule has 0 aliphatic carbocycles. The van der Waals surface area contributed by atoms with Crippen LogP contribution in [-0.2, 0) is 9.59 Å². The van der Waals surface area contributed by atoms with Crippen LogP contribution in [0.4, 0.5) is 0 Å². The number of amides is 1. The number of carbonyl (C=O) groups excluding carboxylic acids is 1. The van der Waals surface area contributed by atoms with E-state index in [4.69, 9.17) is 10.8 Å². The zero-order chi connectivity index (χ0) is 12.0. The second-order valence-corrected chi connectivity index (χ2v) is 3.70. The second kappa shape index (κ2) is 6.19. The molecule has 0 aliphatic heterocycles. The van der Waals surface area contributed by atoms with Crippen molar-refractivity contribution in [3.63, 3.8) is 0 Å². The monoisotopic (exact) mass is 214 g/mol. The minimum Gasteiger partial charge on any atom is -0.480 e. The van der Waals surface area contributed by atoms with E-state index in [-0.39, 0.29) is 5.92 Å². The number of carboxylic acid groups (broad SMARTS) is 1. The number of hydrogen-bond acceptors (Lipinski definition) is 3. The van der Waals surface area contributed by atoms with Crippen molar-refractivity contribution < 1.29 is 14.7 Å². The van der Waals surface area contributed by atoms with Gasteiger partial charge in [-0.05, 0) is 12.3 Å². The SMILES string of the molecule is C=CCC(N)C(=O)NC(C(=O)O)C(C)C. The molecule has 0 saturated carbocycles. The number of aliphatic carboxylic acids is 1.